The fourth-order valence-corrected chi connectivity index (χ4v) is 5.66. The Labute approximate surface area is 201 Å². The summed E-state index contributed by atoms with van der Waals surface area (Å²) in [6.45, 7) is 0. The number of hydrogen-bond donors (Lipinski definition) is 0. The highest BCUT2D eigenvalue weighted by Gasteiger charge is 2.21. The fraction of sp³-hybridized carbons (Fsp3) is 0. The van der Waals surface area contributed by atoms with E-state index in [0.29, 0.717) is 0 Å². The Kier molecular flexibility index (Phi) is 3.66. The summed E-state index contributed by atoms with van der Waals surface area (Å²) in [6.07, 6.45) is 0. The van der Waals surface area contributed by atoms with Gasteiger partial charge in [-0.1, -0.05) is 91.0 Å². The van der Waals surface area contributed by atoms with Crippen molar-refractivity contribution in [3.05, 3.63) is 115 Å². The van der Waals surface area contributed by atoms with Crippen molar-refractivity contribution in [3.8, 4) is 22.6 Å². The van der Waals surface area contributed by atoms with Crippen molar-refractivity contribution < 1.29 is 0 Å². The molecule has 3 aromatic heterocycles. The molecule has 0 saturated heterocycles. The van der Waals surface area contributed by atoms with Crippen LogP contribution in [0.4, 0.5) is 0 Å². The predicted octanol–water partition coefficient (Wildman–Crippen LogP) is 8.11. The van der Waals surface area contributed by atoms with Gasteiger partial charge < -0.3 is 4.40 Å². The van der Waals surface area contributed by atoms with Gasteiger partial charge in [0.05, 0.1) is 27.8 Å². The lowest BCUT2D eigenvalue weighted by Crippen LogP contribution is -1.95. The van der Waals surface area contributed by atoms with Crippen LogP contribution in [0.15, 0.2) is 115 Å². The van der Waals surface area contributed by atoms with Crippen molar-refractivity contribution in [2.24, 2.45) is 0 Å². The van der Waals surface area contributed by atoms with E-state index in [1.54, 1.807) is 0 Å². The molecule has 0 atom stereocenters. The lowest BCUT2D eigenvalue weighted by molar-refractivity contribution is 1.23. The van der Waals surface area contributed by atoms with Gasteiger partial charge >= 0.3 is 0 Å². The van der Waals surface area contributed by atoms with Crippen LogP contribution in [0.5, 0.6) is 0 Å². The molecule has 162 valence electrons. The highest BCUT2D eigenvalue weighted by molar-refractivity contribution is 6.26. The SMILES string of the molecule is c1ccc(-c2nc(-c3ccc4c5ccccc5n5c6ccccc6c3c45)nc3ccccc23)cc1. The van der Waals surface area contributed by atoms with Crippen molar-refractivity contribution in [1.82, 2.24) is 14.4 Å². The Morgan fingerprint density at radius 1 is 0.486 bits per heavy atom. The lowest BCUT2D eigenvalue weighted by Gasteiger charge is -2.10. The van der Waals surface area contributed by atoms with Crippen LogP contribution in [-0.4, -0.2) is 14.4 Å². The van der Waals surface area contributed by atoms with Crippen LogP contribution in [0, 0.1) is 0 Å². The fourth-order valence-electron chi connectivity index (χ4n) is 5.66. The Morgan fingerprint density at radius 2 is 1.14 bits per heavy atom. The molecule has 8 rings (SSSR count). The van der Waals surface area contributed by atoms with Gasteiger partial charge in [0.15, 0.2) is 5.82 Å². The second-order valence-corrected chi connectivity index (χ2v) is 9.03. The summed E-state index contributed by atoms with van der Waals surface area (Å²) >= 11 is 0. The number of benzene rings is 5. The van der Waals surface area contributed by atoms with Crippen molar-refractivity contribution in [3.63, 3.8) is 0 Å². The van der Waals surface area contributed by atoms with Gasteiger partial charge in [0, 0.05) is 38.1 Å². The Morgan fingerprint density at radius 3 is 1.97 bits per heavy atom. The molecule has 8 aromatic rings. The van der Waals surface area contributed by atoms with Crippen LogP contribution in [0.2, 0.25) is 0 Å². The van der Waals surface area contributed by atoms with E-state index in [4.69, 9.17) is 9.97 Å². The van der Waals surface area contributed by atoms with Gasteiger partial charge in [-0.15, -0.1) is 0 Å². The molecular weight excluding hydrogens is 426 g/mol. The van der Waals surface area contributed by atoms with Gasteiger partial charge in [0.25, 0.3) is 0 Å². The normalized spacial score (nSPS) is 12.0. The van der Waals surface area contributed by atoms with E-state index in [1.165, 1.54) is 38.1 Å². The summed E-state index contributed by atoms with van der Waals surface area (Å²) in [5.41, 5.74) is 7.76. The average Bonchev–Trinajstić information content (AvgIpc) is 3.45. The predicted molar refractivity (Wildman–Crippen MR) is 145 cm³/mol. The van der Waals surface area contributed by atoms with Crippen LogP contribution in [0.3, 0.4) is 0 Å². The van der Waals surface area contributed by atoms with Crippen molar-refractivity contribution >= 4 is 49.0 Å². The van der Waals surface area contributed by atoms with Crippen molar-refractivity contribution in [2.75, 3.05) is 0 Å². The van der Waals surface area contributed by atoms with Crippen molar-refractivity contribution in [2.45, 2.75) is 0 Å². The van der Waals surface area contributed by atoms with Gasteiger partial charge in [-0.2, -0.15) is 0 Å². The van der Waals surface area contributed by atoms with E-state index in [2.05, 4.69) is 108 Å². The molecule has 0 aliphatic carbocycles. The molecule has 35 heavy (non-hydrogen) atoms. The first-order valence-corrected chi connectivity index (χ1v) is 11.9. The summed E-state index contributed by atoms with van der Waals surface area (Å²) in [5, 5.41) is 6.04. The molecule has 0 radical (unpaired) electrons. The second-order valence-electron chi connectivity index (χ2n) is 9.03. The minimum Gasteiger partial charge on any atom is -0.308 e. The number of aromatic nitrogens is 3. The third-order valence-electron chi connectivity index (χ3n) is 7.14. The molecule has 0 aliphatic rings. The molecule has 5 aromatic carbocycles. The van der Waals surface area contributed by atoms with Gasteiger partial charge in [-0.25, -0.2) is 9.97 Å². The summed E-state index contributed by atoms with van der Waals surface area (Å²) in [7, 11) is 0. The van der Waals surface area contributed by atoms with Gasteiger partial charge in [0.2, 0.25) is 0 Å². The summed E-state index contributed by atoms with van der Waals surface area (Å²) in [6, 6.07) is 40.4. The number of rotatable bonds is 2. The van der Waals surface area contributed by atoms with Crippen LogP contribution in [0.25, 0.3) is 71.6 Å². The zero-order valence-electron chi connectivity index (χ0n) is 18.8. The zero-order chi connectivity index (χ0) is 22.9. The highest BCUT2D eigenvalue weighted by Crippen LogP contribution is 2.43. The van der Waals surface area contributed by atoms with E-state index >= 15 is 0 Å². The monoisotopic (exact) mass is 445 g/mol. The summed E-state index contributed by atoms with van der Waals surface area (Å²) in [4.78, 5) is 10.3. The topological polar surface area (TPSA) is 30.2 Å². The van der Waals surface area contributed by atoms with Crippen LogP contribution in [-0.2, 0) is 0 Å². The molecule has 0 fully saturated rings. The Balaban J connectivity index is 1.55. The first-order valence-electron chi connectivity index (χ1n) is 11.9. The molecule has 0 bridgehead atoms. The highest BCUT2D eigenvalue weighted by atomic mass is 14.9. The van der Waals surface area contributed by atoms with E-state index in [9.17, 15) is 0 Å². The smallest absolute Gasteiger partial charge is 0.161 e. The van der Waals surface area contributed by atoms with Crippen LogP contribution in [0.1, 0.15) is 0 Å². The minimum atomic E-state index is 0.757. The average molecular weight is 446 g/mol. The molecule has 0 aliphatic heterocycles. The first kappa shape index (κ1) is 18.6. The zero-order valence-corrected chi connectivity index (χ0v) is 18.8. The molecule has 3 nitrogen and oxygen atoms in total. The second kappa shape index (κ2) is 6.87. The number of hydrogen-bond acceptors (Lipinski definition) is 2. The third kappa shape index (κ3) is 2.50. The Bertz CT molecular complexity index is 2050. The maximum atomic E-state index is 5.19. The lowest BCUT2D eigenvalue weighted by atomic mass is 10.0. The molecule has 3 heteroatoms. The molecule has 0 saturated carbocycles. The minimum absolute atomic E-state index is 0.757. The van der Waals surface area contributed by atoms with Gasteiger partial charge in [0.1, 0.15) is 0 Å². The number of para-hydroxylation sites is 3. The quantitative estimate of drug-likeness (QED) is 0.269. The number of fused-ring (bicyclic) bond motifs is 7. The first-order chi connectivity index (χ1) is 17.4. The molecular formula is C32H19N3. The number of nitrogens with zero attached hydrogens (tertiary/aromatic N) is 3. The van der Waals surface area contributed by atoms with E-state index in [-0.39, 0.29) is 0 Å². The maximum absolute atomic E-state index is 5.19. The molecule has 0 N–H and O–H groups in total. The van der Waals surface area contributed by atoms with Gasteiger partial charge in [-0.3, -0.25) is 0 Å². The largest absolute Gasteiger partial charge is 0.308 e. The van der Waals surface area contributed by atoms with E-state index in [0.717, 1.165) is 33.5 Å². The van der Waals surface area contributed by atoms with E-state index < -0.39 is 0 Å². The standard InChI is InChI=1S/C32H19N3/c1-2-10-20(11-3-1)30-23-13-4-7-15-26(23)33-32(34-30)25-19-18-22-21-12-5-8-16-27(21)35-28-17-9-6-14-24(28)29(25)31(22)35/h1-19H. The summed E-state index contributed by atoms with van der Waals surface area (Å²) in [5.74, 6) is 0.757. The van der Waals surface area contributed by atoms with Crippen molar-refractivity contribution in [1.29, 1.82) is 0 Å². The molecule has 0 amide bonds. The molecule has 3 heterocycles. The van der Waals surface area contributed by atoms with Crippen LogP contribution >= 0.6 is 0 Å². The maximum Gasteiger partial charge on any atom is 0.161 e. The van der Waals surface area contributed by atoms with E-state index in [1.807, 2.05) is 12.1 Å². The third-order valence-corrected chi connectivity index (χ3v) is 7.14. The summed E-state index contributed by atoms with van der Waals surface area (Å²) < 4.78 is 2.40. The molecule has 0 unspecified atom stereocenters. The molecule has 0 spiro atoms. The van der Waals surface area contributed by atoms with Crippen LogP contribution < -0.4 is 0 Å². The Hall–Kier alpha value is -4.76. The van der Waals surface area contributed by atoms with Gasteiger partial charge in [-0.05, 0) is 24.3 Å².